The third kappa shape index (κ3) is 7.14. The molecule has 3 heteroatoms. The summed E-state index contributed by atoms with van der Waals surface area (Å²) in [5, 5.41) is 9.79. The van der Waals surface area contributed by atoms with Crippen molar-refractivity contribution < 1.29 is 4.92 Å². The summed E-state index contributed by atoms with van der Waals surface area (Å²) in [6.45, 7) is 2.06. The first kappa shape index (κ1) is 9.14. The summed E-state index contributed by atoms with van der Waals surface area (Å²) in [7, 11) is 0. The van der Waals surface area contributed by atoms with E-state index in [2.05, 4.69) is 6.92 Å². The molecule has 0 heterocycles. The standard InChI is InChI=1S/C7H13NO2/c1-2-3-4-5-6-7-8(9)10/h5-6H,2-4,7H2,1H3/b6-5-. The van der Waals surface area contributed by atoms with Crippen LogP contribution in [0.1, 0.15) is 26.2 Å². The summed E-state index contributed by atoms with van der Waals surface area (Å²) < 4.78 is 0. The lowest BCUT2D eigenvalue weighted by Crippen LogP contribution is -1.95. The number of rotatable bonds is 5. The Bertz CT molecular complexity index is 121. The van der Waals surface area contributed by atoms with E-state index < -0.39 is 0 Å². The topological polar surface area (TPSA) is 43.1 Å². The van der Waals surface area contributed by atoms with Gasteiger partial charge in [-0.2, -0.15) is 0 Å². The van der Waals surface area contributed by atoms with E-state index in [0.717, 1.165) is 19.3 Å². The zero-order chi connectivity index (χ0) is 7.82. The van der Waals surface area contributed by atoms with E-state index in [9.17, 15) is 10.1 Å². The quantitative estimate of drug-likeness (QED) is 0.256. The molecule has 0 aliphatic heterocycles. The zero-order valence-electron chi connectivity index (χ0n) is 6.25. The maximum atomic E-state index is 9.79. The van der Waals surface area contributed by atoms with Gasteiger partial charge in [-0.05, 0) is 12.5 Å². The molecule has 0 aromatic heterocycles. The third-order valence-electron chi connectivity index (χ3n) is 1.15. The second-order valence-corrected chi connectivity index (χ2v) is 2.13. The second kappa shape index (κ2) is 6.26. The van der Waals surface area contributed by atoms with E-state index in [4.69, 9.17) is 0 Å². The molecular weight excluding hydrogens is 130 g/mol. The fraction of sp³-hybridized carbons (Fsp3) is 0.714. The summed E-state index contributed by atoms with van der Waals surface area (Å²) in [6.07, 6.45) is 6.70. The molecule has 0 aromatic rings. The molecule has 0 aliphatic rings. The van der Waals surface area contributed by atoms with Crippen LogP contribution in [0, 0.1) is 10.1 Å². The Morgan fingerprint density at radius 3 is 2.70 bits per heavy atom. The first-order chi connectivity index (χ1) is 4.77. The number of hydrogen-bond donors (Lipinski definition) is 0. The summed E-state index contributed by atoms with van der Waals surface area (Å²) in [5.41, 5.74) is 0. The van der Waals surface area contributed by atoms with Crippen molar-refractivity contribution >= 4 is 0 Å². The molecule has 0 bridgehead atoms. The summed E-state index contributed by atoms with van der Waals surface area (Å²) in [6, 6.07) is 0. The minimum atomic E-state index is -0.331. The predicted octanol–water partition coefficient (Wildman–Crippen LogP) is 2.01. The van der Waals surface area contributed by atoms with E-state index in [1.807, 2.05) is 6.08 Å². The van der Waals surface area contributed by atoms with Gasteiger partial charge in [0.05, 0.1) is 0 Å². The number of allylic oxidation sites excluding steroid dienone is 1. The maximum absolute atomic E-state index is 9.79. The maximum Gasteiger partial charge on any atom is 0.222 e. The zero-order valence-corrected chi connectivity index (χ0v) is 6.25. The first-order valence-electron chi connectivity index (χ1n) is 3.54. The fourth-order valence-corrected chi connectivity index (χ4v) is 0.600. The van der Waals surface area contributed by atoms with Crippen LogP contribution in [0.4, 0.5) is 0 Å². The average molecular weight is 143 g/mol. The Labute approximate surface area is 60.9 Å². The van der Waals surface area contributed by atoms with E-state index in [1.165, 1.54) is 0 Å². The monoisotopic (exact) mass is 143 g/mol. The molecule has 0 fully saturated rings. The van der Waals surface area contributed by atoms with Crippen molar-refractivity contribution in [2.75, 3.05) is 6.54 Å². The molecule has 0 saturated carbocycles. The van der Waals surface area contributed by atoms with Crippen LogP contribution in [-0.4, -0.2) is 11.5 Å². The van der Waals surface area contributed by atoms with Crippen molar-refractivity contribution in [2.24, 2.45) is 0 Å². The van der Waals surface area contributed by atoms with E-state index in [1.54, 1.807) is 6.08 Å². The van der Waals surface area contributed by atoms with Crippen LogP contribution < -0.4 is 0 Å². The van der Waals surface area contributed by atoms with Gasteiger partial charge in [-0.1, -0.05) is 25.8 Å². The molecule has 0 rings (SSSR count). The Balaban J connectivity index is 3.12. The van der Waals surface area contributed by atoms with Gasteiger partial charge in [-0.15, -0.1) is 0 Å². The highest BCUT2D eigenvalue weighted by Gasteiger charge is 1.86. The van der Waals surface area contributed by atoms with Crippen LogP contribution in [-0.2, 0) is 0 Å². The summed E-state index contributed by atoms with van der Waals surface area (Å²) in [5.74, 6) is 0. The van der Waals surface area contributed by atoms with E-state index in [-0.39, 0.29) is 11.5 Å². The highest BCUT2D eigenvalue weighted by Crippen LogP contribution is 1.94. The van der Waals surface area contributed by atoms with Crippen molar-refractivity contribution in [3.8, 4) is 0 Å². The minimum absolute atomic E-state index is 0.0380. The number of hydrogen-bond acceptors (Lipinski definition) is 2. The average Bonchev–Trinajstić information content (AvgIpc) is 1.87. The highest BCUT2D eigenvalue weighted by molar-refractivity contribution is 4.80. The Morgan fingerprint density at radius 1 is 1.50 bits per heavy atom. The largest absolute Gasteiger partial charge is 0.264 e. The van der Waals surface area contributed by atoms with Crippen LogP contribution in [0.5, 0.6) is 0 Å². The summed E-state index contributed by atoms with van der Waals surface area (Å²) in [4.78, 5) is 9.46. The normalized spacial score (nSPS) is 10.5. The van der Waals surface area contributed by atoms with Gasteiger partial charge in [0.1, 0.15) is 0 Å². The van der Waals surface area contributed by atoms with Crippen LogP contribution in [0.15, 0.2) is 12.2 Å². The third-order valence-corrected chi connectivity index (χ3v) is 1.15. The van der Waals surface area contributed by atoms with Gasteiger partial charge in [0.25, 0.3) is 0 Å². The predicted molar refractivity (Wildman–Crippen MR) is 40.5 cm³/mol. The van der Waals surface area contributed by atoms with Gasteiger partial charge in [0.15, 0.2) is 0 Å². The van der Waals surface area contributed by atoms with Gasteiger partial charge in [-0.25, -0.2) is 0 Å². The SMILES string of the molecule is CCCC/C=C\C[N+](=O)[O-]. The van der Waals surface area contributed by atoms with Crippen LogP contribution in [0.2, 0.25) is 0 Å². The molecule has 58 valence electrons. The molecule has 0 radical (unpaired) electrons. The molecule has 0 N–H and O–H groups in total. The van der Waals surface area contributed by atoms with E-state index in [0.29, 0.717) is 0 Å². The van der Waals surface area contributed by atoms with Crippen molar-refractivity contribution in [3.05, 3.63) is 22.3 Å². The molecular formula is C7H13NO2. The Morgan fingerprint density at radius 2 is 2.20 bits per heavy atom. The highest BCUT2D eigenvalue weighted by atomic mass is 16.6. The van der Waals surface area contributed by atoms with Crippen LogP contribution in [0.25, 0.3) is 0 Å². The molecule has 0 spiro atoms. The first-order valence-corrected chi connectivity index (χ1v) is 3.54. The van der Waals surface area contributed by atoms with Crippen molar-refractivity contribution in [3.63, 3.8) is 0 Å². The number of nitrogens with zero attached hydrogens (tertiary/aromatic N) is 1. The van der Waals surface area contributed by atoms with Gasteiger partial charge < -0.3 is 0 Å². The molecule has 0 amide bonds. The van der Waals surface area contributed by atoms with Crippen LogP contribution in [0.3, 0.4) is 0 Å². The molecule has 0 aliphatic carbocycles. The number of nitro groups is 1. The molecule has 0 saturated heterocycles. The lowest BCUT2D eigenvalue weighted by atomic mass is 10.2. The van der Waals surface area contributed by atoms with Crippen molar-refractivity contribution in [1.29, 1.82) is 0 Å². The smallest absolute Gasteiger partial charge is 0.222 e. The minimum Gasteiger partial charge on any atom is -0.264 e. The molecule has 0 aromatic carbocycles. The van der Waals surface area contributed by atoms with E-state index >= 15 is 0 Å². The molecule has 0 atom stereocenters. The van der Waals surface area contributed by atoms with Crippen LogP contribution >= 0.6 is 0 Å². The van der Waals surface area contributed by atoms with Gasteiger partial charge >= 0.3 is 0 Å². The van der Waals surface area contributed by atoms with Gasteiger partial charge in [0, 0.05) is 4.92 Å². The Kier molecular flexibility index (Phi) is 5.72. The van der Waals surface area contributed by atoms with Crippen molar-refractivity contribution in [1.82, 2.24) is 0 Å². The van der Waals surface area contributed by atoms with Gasteiger partial charge in [0.2, 0.25) is 6.54 Å². The lowest BCUT2D eigenvalue weighted by Gasteiger charge is -1.86. The second-order valence-electron chi connectivity index (χ2n) is 2.13. The lowest BCUT2D eigenvalue weighted by molar-refractivity contribution is -0.468. The molecule has 3 nitrogen and oxygen atoms in total. The molecule has 0 unspecified atom stereocenters. The fourth-order valence-electron chi connectivity index (χ4n) is 0.600. The van der Waals surface area contributed by atoms with Crippen molar-refractivity contribution in [2.45, 2.75) is 26.2 Å². The summed E-state index contributed by atoms with van der Waals surface area (Å²) >= 11 is 0. The Hall–Kier alpha value is -0.860. The molecule has 10 heavy (non-hydrogen) atoms. The van der Waals surface area contributed by atoms with Gasteiger partial charge in [-0.3, -0.25) is 10.1 Å². The number of unbranched alkanes of at least 4 members (excludes halogenated alkanes) is 2.